The fourth-order valence-electron chi connectivity index (χ4n) is 1.99. The number of hydrogen-bond acceptors (Lipinski definition) is 0. The molecule has 4 heteroatoms. The van der Waals surface area contributed by atoms with Gasteiger partial charge in [-0.15, -0.1) is 0 Å². The van der Waals surface area contributed by atoms with Crippen LogP contribution in [0, 0.1) is 0 Å². The van der Waals surface area contributed by atoms with Gasteiger partial charge < -0.3 is 0 Å². The molecule has 0 amide bonds. The zero-order chi connectivity index (χ0) is 13.0. The Bertz CT molecular complexity index is 157. The molecule has 0 atom stereocenters. The summed E-state index contributed by atoms with van der Waals surface area (Å²) >= 11 is 17.1. The van der Waals surface area contributed by atoms with Crippen molar-refractivity contribution >= 4 is 45.0 Å². The van der Waals surface area contributed by atoms with Crippen molar-refractivity contribution in [1.82, 2.24) is 0 Å². The van der Waals surface area contributed by atoms with Gasteiger partial charge in [0, 0.05) is 10.2 Å². The van der Waals surface area contributed by atoms with E-state index in [1.807, 2.05) is 0 Å². The van der Waals surface area contributed by atoms with E-state index in [0.717, 1.165) is 6.42 Å². The standard InChI is InChI=1S/C13H27Cl3Si/c14-13(15,16)11-9-7-5-3-1-2-4-6-8-10-12-17/h1-12H2,17H3. The van der Waals surface area contributed by atoms with Gasteiger partial charge in [0.15, 0.2) is 3.79 Å². The second-order valence-electron chi connectivity index (χ2n) is 4.90. The van der Waals surface area contributed by atoms with Crippen molar-refractivity contribution in [1.29, 1.82) is 0 Å². The molecule has 17 heavy (non-hydrogen) atoms. The molecule has 0 rings (SSSR count). The van der Waals surface area contributed by atoms with E-state index in [4.69, 9.17) is 34.8 Å². The van der Waals surface area contributed by atoms with Crippen LogP contribution in [0.4, 0.5) is 0 Å². The fraction of sp³-hybridized carbons (Fsp3) is 1.00. The molecular weight excluding hydrogens is 291 g/mol. The highest BCUT2D eigenvalue weighted by Crippen LogP contribution is 2.32. The van der Waals surface area contributed by atoms with Crippen LogP contribution >= 0.6 is 34.8 Å². The van der Waals surface area contributed by atoms with E-state index in [1.165, 1.54) is 74.1 Å². The molecule has 0 bridgehead atoms. The Kier molecular flexibility index (Phi) is 12.9. The summed E-state index contributed by atoms with van der Waals surface area (Å²) in [5, 5.41) is 0. The highest BCUT2D eigenvalue weighted by atomic mass is 35.6. The largest absolute Gasteiger partial charge is 0.190 e. The SMILES string of the molecule is [SiH3]CCCCCCCCCCCCC(Cl)(Cl)Cl. The first-order chi connectivity index (χ1) is 8.06. The van der Waals surface area contributed by atoms with Crippen LogP contribution in [0.3, 0.4) is 0 Å². The van der Waals surface area contributed by atoms with Crippen LogP contribution in [0.1, 0.15) is 70.6 Å². The van der Waals surface area contributed by atoms with E-state index in [9.17, 15) is 0 Å². The van der Waals surface area contributed by atoms with E-state index < -0.39 is 3.79 Å². The second kappa shape index (κ2) is 12.1. The van der Waals surface area contributed by atoms with E-state index in [-0.39, 0.29) is 0 Å². The van der Waals surface area contributed by atoms with E-state index >= 15 is 0 Å². The first-order valence-corrected chi connectivity index (χ1v) is 9.68. The van der Waals surface area contributed by atoms with Crippen LogP contribution in [0.2, 0.25) is 6.04 Å². The molecule has 0 aliphatic heterocycles. The van der Waals surface area contributed by atoms with Crippen LogP contribution in [0.15, 0.2) is 0 Å². The fourth-order valence-corrected chi connectivity index (χ4v) is 2.89. The van der Waals surface area contributed by atoms with Crippen LogP contribution in [0.5, 0.6) is 0 Å². The molecule has 0 radical (unpaired) electrons. The highest BCUT2D eigenvalue weighted by molar-refractivity contribution is 6.67. The first-order valence-electron chi connectivity index (χ1n) is 7.13. The minimum atomic E-state index is -1.04. The maximum Gasteiger partial charge on any atom is 0.190 e. The zero-order valence-electron chi connectivity index (χ0n) is 11.1. The summed E-state index contributed by atoms with van der Waals surface area (Å²) in [4.78, 5) is 0. The molecule has 104 valence electrons. The van der Waals surface area contributed by atoms with Crippen molar-refractivity contribution in [2.24, 2.45) is 0 Å². The summed E-state index contributed by atoms with van der Waals surface area (Å²) in [5.74, 6) is 0. The second-order valence-corrected chi connectivity index (χ2v) is 8.42. The van der Waals surface area contributed by atoms with Gasteiger partial charge in [0.25, 0.3) is 0 Å². The summed E-state index contributed by atoms with van der Waals surface area (Å²) in [6, 6.07) is 1.48. The van der Waals surface area contributed by atoms with Crippen LogP contribution in [0.25, 0.3) is 0 Å². The molecule has 0 spiro atoms. The number of rotatable bonds is 11. The van der Waals surface area contributed by atoms with E-state index in [1.54, 1.807) is 0 Å². The van der Waals surface area contributed by atoms with Crippen LogP contribution < -0.4 is 0 Å². The van der Waals surface area contributed by atoms with Gasteiger partial charge in [0.05, 0.1) is 0 Å². The lowest BCUT2D eigenvalue weighted by atomic mass is 10.1. The average molecular weight is 318 g/mol. The molecule has 0 aromatic heterocycles. The van der Waals surface area contributed by atoms with Gasteiger partial charge in [0.2, 0.25) is 0 Å². The van der Waals surface area contributed by atoms with Crippen LogP contribution in [-0.4, -0.2) is 14.0 Å². The lowest BCUT2D eigenvalue weighted by Crippen LogP contribution is -2.00. The molecule has 0 aliphatic rings. The molecule has 0 nitrogen and oxygen atoms in total. The molecule has 0 aromatic carbocycles. The molecule has 0 unspecified atom stereocenters. The summed E-state index contributed by atoms with van der Waals surface area (Å²) in [6.45, 7) is 0. The maximum absolute atomic E-state index is 5.69. The molecule has 0 saturated heterocycles. The third-order valence-electron chi connectivity index (χ3n) is 3.06. The van der Waals surface area contributed by atoms with Gasteiger partial charge in [-0.2, -0.15) is 0 Å². The van der Waals surface area contributed by atoms with Crippen LogP contribution in [-0.2, 0) is 0 Å². The lowest BCUT2D eigenvalue weighted by molar-refractivity contribution is 0.551. The van der Waals surface area contributed by atoms with Crippen molar-refractivity contribution in [3.63, 3.8) is 0 Å². The van der Waals surface area contributed by atoms with Crippen molar-refractivity contribution < 1.29 is 0 Å². The topological polar surface area (TPSA) is 0 Å². The van der Waals surface area contributed by atoms with Crippen molar-refractivity contribution in [3.05, 3.63) is 0 Å². The minimum Gasteiger partial charge on any atom is -0.0837 e. The predicted molar refractivity (Wildman–Crippen MR) is 85.8 cm³/mol. The molecular formula is C13H27Cl3Si. The zero-order valence-corrected chi connectivity index (χ0v) is 15.4. The smallest absolute Gasteiger partial charge is 0.0837 e. The predicted octanol–water partition coefficient (Wildman–Crippen LogP) is 5.43. The summed E-state index contributed by atoms with van der Waals surface area (Å²) in [5.41, 5.74) is 0. The molecule has 0 aliphatic carbocycles. The Morgan fingerprint density at radius 1 is 0.588 bits per heavy atom. The third-order valence-corrected chi connectivity index (χ3v) is 4.34. The monoisotopic (exact) mass is 316 g/mol. The molecule has 0 saturated carbocycles. The van der Waals surface area contributed by atoms with Gasteiger partial charge in [-0.25, -0.2) is 0 Å². The van der Waals surface area contributed by atoms with E-state index in [2.05, 4.69) is 0 Å². The van der Waals surface area contributed by atoms with Crippen molar-refractivity contribution in [2.75, 3.05) is 0 Å². The summed E-state index contributed by atoms with van der Waals surface area (Å²) < 4.78 is -1.04. The Morgan fingerprint density at radius 2 is 0.941 bits per heavy atom. The normalized spacial score (nSPS) is 12.2. The molecule has 0 fully saturated rings. The van der Waals surface area contributed by atoms with E-state index in [0.29, 0.717) is 6.42 Å². The lowest BCUT2D eigenvalue weighted by Gasteiger charge is -2.09. The number of unbranched alkanes of at least 4 members (excludes halogenated alkanes) is 9. The maximum atomic E-state index is 5.69. The van der Waals surface area contributed by atoms with Crippen molar-refractivity contribution in [2.45, 2.75) is 80.5 Å². The van der Waals surface area contributed by atoms with Gasteiger partial charge in [-0.05, 0) is 12.8 Å². The number of alkyl halides is 3. The Morgan fingerprint density at radius 3 is 1.29 bits per heavy atom. The number of halogens is 3. The average Bonchev–Trinajstić information content (AvgIpc) is 2.24. The quantitative estimate of drug-likeness (QED) is 0.271. The van der Waals surface area contributed by atoms with Gasteiger partial charge in [-0.1, -0.05) is 98.6 Å². The molecule has 0 aromatic rings. The highest BCUT2D eigenvalue weighted by Gasteiger charge is 2.17. The van der Waals surface area contributed by atoms with Gasteiger partial charge in [0.1, 0.15) is 0 Å². The van der Waals surface area contributed by atoms with Gasteiger partial charge >= 0.3 is 0 Å². The molecule has 0 N–H and O–H groups in total. The summed E-state index contributed by atoms with van der Waals surface area (Å²) in [6.07, 6.45) is 14.1. The van der Waals surface area contributed by atoms with Gasteiger partial charge in [-0.3, -0.25) is 0 Å². The minimum absolute atomic E-state index is 0.692. The third kappa shape index (κ3) is 17.1. The number of hydrogen-bond donors (Lipinski definition) is 0. The Balaban J connectivity index is 2.99. The van der Waals surface area contributed by atoms with Crippen molar-refractivity contribution in [3.8, 4) is 0 Å². The summed E-state index contributed by atoms with van der Waals surface area (Å²) in [7, 11) is 1.38. The Labute approximate surface area is 125 Å². The first kappa shape index (κ1) is 18.1. The Hall–Kier alpha value is 1.09. The molecule has 0 heterocycles.